The van der Waals surface area contributed by atoms with E-state index in [1.54, 1.807) is 6.08 Å². The molecular weight excluding hydrogens is 288 g/mol. The van der Waals surface area contributed by atoms with Gasteiger partial charge in [0, 0.05) is 18.5 Å². The third-order valence-corrected chi connectivity index (χ3v) is 3.91. The van der Waals surface area contributed by atoms with Crippen LogP contribution in [-0.2, 0) is 9.59 Å². The van der Waals surface area contributed by atoms with E-state index >= 15 is 0 Å². The van der Waals surface area contributed by atoms with Crippen LogP contribution in [0.25, 0.3) is 6.08 Å². The van der Waals surface area contributed by atoms with Gasteiger partial charge < -0.3 is 10.2 Å². The maximum atomic E-state index is 12.8. The van der Waals surface area contributed by atoms with Crippen molar-refractivity contribution >= 4 is 17.9 Å². The summed E-state index contributed by atoms with van der Waals surface area (Å²) in [6.07, 6.45) is 4.98. The van der Waals surface area contributed by atoms with Crippen LogP contribution in [0.1, 0.15) is 45.6 Å². The number of nitrogens with zero attached hydrogens (tertiary/aromatic N) is 1. The Morgan fingerprint density at radius 1 is 1.04 bits per heavy atom. The summed E-state index contributed by atoms with van der Waals surface area (Å²) in [7, 11) is 0. The summed E-state index contributed by atoms with van der Waals surface area (Å²) in [5.41, 5.74) is 0.720. The van der Waals surface area contributed by atoms with E-state index in [-0.39, 0.29) is 11.8 Å². The van der Waals surface area contributed by atoms with Gasteiger partial charge in [0.25, 0.3) is 5.91 Å². The molecule has 0 radical (unpaired) electrons. The molecule has 1 aromatic carbocycles. The van der Waals surface area contributed by atoms with E-state index in [0.29, 0.717) is 5.70 Å². The van der Waals surface area contributed by atoms with Gasteiger partial charge in [0.05, 0.1) is 0 Å². The molecule has 2 amide bonds. The molecule has 1 fully saturated rings. The fraction of sp³-hybridized carbons (Fsp3) is 0.474. The van der Waals surface area contributed by atoms with E-state index < -0.39 is 5.41 Å². The molecule has 1 aromatic rings. The molecule has 1 N–H and O–H groups in total. The van der Waals surface area contributed by atoms with E-state index in [2.05, 4.69) is 5.32 Å². The van der Waals surface area contributed by atoms with Gasteiger partial charge in [0.1, 0.15) is 5.70 Å². The summed E-state index contributed by atoms with van der Waals surface area (Å²) in [5.74, 6) is -0.240. The molecule has 0 bridgehead atoms. The van der Waals surface area contributed by atoms with E-state index in [9.17, 15) is 9.59 Å². The van der Waals surface area contributed by atoms with E-state index in [1.807, 2.05) is 56.0 Å². The third-order valence-electron chi connectivity index (χ3n) is 3.91. The second-order valence-electron chi connectivity index (χ2n) is 7.03. The molecule has 124 valence electrons. The van der Waals surface area contributed by atoms with Crippen LogP contribution in [0.2, 0.25) is 0 Å². The number of carbonyl (C=O) groups is 2. The van der Waals surface area contributed by atoms with Crippen LogP contribution in [0, 0.1) is 5.41 Å². The zero-order valence-electron chi connectivity index (χ0n) is 14.3. The first-order valence-corrected chi connectivity index (χ1v) is 8.25. The smallest absolute Gasteiger partial charge is 0.270 e. The molecule has 0 saturated carbocycles. The Bertz CT molecular complexity index is 579. The number of benzene rings is 1. The minimum Gasteiger partial charge on any atom is -0.337 e. The highest BCUT2D eigenvalue weighted by Gasteiger charge is 2.26. The summed E-state index contributed by atoms with van der Waals surface area (Å²) in [6.45, 7) is 7.04. The van der Waals surface area contributed by atoms with E-state index in [0.717, 1.165) is 37.9 Å². The first-order valence-electron chi connectivity index (χ1n) is 8.25. The van der Waals surface area contributed by atoms with Crippen LogP contribution < -0.4 is 5.32 Å². The Balaban J connectivity index is 2.25. The van der Waals surface area contributed by atoms with Crippen LogP contribution in [0.3, 0.4) is 0 Å². The van der Waals surface area contributed by atoms with Gasteiger partial charge in [-0.15, -0.1) is 0 Å². The van der Waals surface area contributed by atoms with Gasteiger partial charge in [-0.2, -0.15) is 0 Å². The number of rotatable bonds is 3. The highest BCUT2D eigenvalue weighted by atomic mass is 16.2. The third kappa shape index (κ3) is 4.95. The molecule has 23 heavy (non-hydrogen) atoms. The van der Waals surface area contributed by atoms with Gasteiger partial charge in [-0.25, -0.2) is 0 Å². The van der Waals surface area contributed by atoms with Crippen molar-refractivity contribution in [3.8, 4) is 0 Å². The van der Waals surface area contributed by atoms with Gasteiger partial charge >= 0.3 is 0 Å². The lowest BCUT2D eigenvalue weighted by atomic mass is 9.95. The average Bonchev–Trinajstić information content (AvgIpc) is 2.54. The van der Waals surface area contributed by atoms with Crippen molar-refractivity contribution in [3.05, 3.63) is 41.6 Å². The maximum absolute atomic E-state index is 12.8. The monoisotopic (exact) mass is 314 g/mol. The summed E-state index contributed by atoms with van der Waals surface area (Å²) in [5, 5.41) is 2.83. The van der Waals surface area contributed by atoms with E-state index in [4.69, 9.17) is 0 Å². The normalized spacial score (nSPS) is 16.1. The van der Waals surface area contributed by atoms with Gasteiger partial charge in [0.15, 0.2) is 0 Å². The molecule has 1 heterocycles. The molecular formula is C19H26N2O2. The molecule has 0 aromatic heterocycles. The zero-order valence-corrected chi connectivity index (χ0v) is 14.3. The van der Waals surface area contributed by atoms with Crippen LogP contribution in [0.5, 0.6) is 0 Å². The molecule has 1 aliphatic heterocycles. The number of hydrogen-bond donors (Lipinski definition) is 1. The Hall–Kier alpha value is -2.10. The second kappa shape index (κ2) is 7.44. The maximum Gasteiger partial charge on any atom is 0.270 e. The van der Waals surface area contributed by atoms with Crippen LogP contribution in [0.4, 0.5) is 0 Å². The highest BCUT2D eigenvalue weighted by molar-refractivity contribution is 6.02. The van der Waals surface area contributed by atoms with Crippen molar-refractivity contribution in [3.63, 3.8) is 0 Å². The van der Waals surface area contributed by atoms with Crippen molar-refractivity contribution in [2.45, 2.75) is 40.0 Å². The average molecular weight is 314 g/mol. The van der Waals surface area contributed by atoms with Crippen molar-refractivity contribution in [2.24, 2.45) is 5.41 Å². The minimum absolute atomic E-state index is 0.0915. The van der Waals surface area contributed by atoms with Crippen LogP contribution >= 0.6 is 0 Å². The molecule has 1 aliphatic rings. The second-order valence-corrected chi connectivity index (χ2v) is 7.03. The van der Waals surface area contributed by atoms with Crippen molar-refractivity contribution < 1.29 is 9.59 Å². The molecule has 1 saturated heterocycles. The van der Waals surface area contributed by atoms with Crippen molar-refractivity contribution in [1.29, 1.82) is 0 Å². The molecule has 0 atom stereocenters. The number of likely N-dealkylation sites (tertiary alicyclic amines) is 1. The Labute approximate surface area is 138 Å². The molecule has 0 unspecified atom stereocenters. The topological polar surface area (TPSA) is 49.4 Å². The Kier molecular flexibility index (Phi) is 5.59. The molecule has 4 nitrogen and oxygen atoms in total. The fourth-order valence-corrected chi connectivity index (χ4v) is 2.44. The quantitative estimate of drug-likeness (QED) is 0.871. The lowest BCUT2D eigenvalue weighted by molar-refractivity contribution is -0.132. The molecule has 0 aliphatic carbocycles. The first kappa shape index (κ1) is 17.3. The van der Waals surface area contributed by atoms with Gasteiger partial charge in [-0.3, -0.25) is 9.59 Å². The lowest BCUT2D eigenvalue weighted by Crippen LogP contribution is -2.43. The molecule has 4 heteroatoms. The zero-order chi connectivity index (χ0) is 16.9. The Morgan fingerprint density at radius 2 is 1.65 bits per heavy atom. The highest BCUT2D eigenvalue weighted by Crippen LogP contribution is 2.17. The standard InChI is InChI=1S/C19H26N2O2/c1-19(2,3)18(23)20-16(14-15-10-6-4-7-11-15)17(22)21-12-8-5-9-13-21/h4,6-7,10-11,14H,5,8-9,12-13H2,1-3H3,(H,20,23)/b16-14-. The summed E-state index contributed by atoms with van der Waals surface area (Å²) < 4.78 is 0. The SMILES string of the molecule is CC(C)(C)C(=O)N/C(=C\c1ccccc1)C(=O)N1CCCCC1. The van der Waals surface area contributed by atoms with Gasteiger partial charge in [-0.05, 0) is 30.9 Å². The Morgan fingerprint density at radius 3 is 2.22 bits per heavy atom. The summed E-state index contributed by atoms with van der Waals surface area (Å²) in [4.78, 5) is 27.0. The number of hydrogen-bond acceptors (Lipinski definition) is 2. The lowest BCUT2D eigenvalue weighted by Gasteiger charge is -2.28. The first-order chi connectivity index (χ1) is 10.9. The van der Waals surface area contributed by atoms with E-state index in [1.165, 1.54) is 0 Å². The predicted octanol–water partition coefficient (Wildman–Crippen LogP) is 3.20. The molecule has 2 rings (SSSR count). The number of nitrogens with one attached hydrogen (secondary N) is 1. The van der Waals surface area contributed by atoms with Crippen molar-refractivity contribution in [2.75, 3.05) is 13.1 Å². The number of carbonyl (C=O) groups excluding carboxylic acids is 2. The summed E-state index contributed by atoms with van der Waals surface area (Å²) in [6, 6.07) is 9.61. The van der Waals surface area contributed by atoms with Gasteiger partial charge in [-0.1, -0.05) is 51.1 Å². The largest absolute Gasteiger partial charge is 0.337 e. The van der Waals surface area contributed by atoms with Crippen molar-refractivity contribution in [1.82, 2.24) is 10.2 Å². The number of amides is 2. The van der Waals surface area contributed by atoms with Gasteiger partial charge in [0.2, 0.25) is 5.91 Å². The fourth-order valence-electron chi connectivity index (χ4n) is 2.44. The van der Waals surface area contributed by atoms with Crippen LogP contribution in [0.15, 0.2) is 36.0 Å². The minimum atomic E-state index is -0.544. The van der Waals surface area contributed by atoms with Crippen LogP contribution in [-0.4, -0.2) is 29.8 Å². The predicted molar refractivity (Wildman–Crippen MR) is 92.4 cm³/mol. The number of piperidine rings is 1. The summed E-state index contributed by atoms with van der Waals surface area (Å²) >= 11 is 0. The molecule has 0 spiro atoms.